The van der Waals surface area contributed by atoms with Crippen LogP contribution >= 0.6 is 11.6 Å². The van der Waals surface area contributed by atoms with Gasteiger partial charge in [-0.15, -0.1) is 0 Å². The van der Waals surface area contributed by atoms with E-state index in [0.717, 1.165) is 25.1 Å². The quantitative estimate of drug-likeness (QED) is 0.882. The Kier molecular flexibility index (Phi) is 4.82. The molecule has 0 aliphatic carbocycles. The smallest absolute Gasteiger partial charge is 0.316 e. The molecule has 1 heterocycles. The SMILES string of the molecule is O=S(=O)(NCC1CCNC1)c1cc(C(F)(F)F)ccc1Cl. The number of benzene rings is 1. The lowest BCUT2D eigenvalue weighted by Gasteiger charge is -2.13. The zero-order chi connectivity index (χ0) is 15.7. The van der Waals surface area contributed by atoms with Gasteiger partial charge in [0.2, 0.25) is 10.0 Å². The van der Waals surface area contributed by atoms with E-state index in [1.807, 2.05) is 0 Å². The minimum Gasteiger partial charge on any atom is -0.316 e. The van der Waals surface area contributed by atoms with E-state index in [4.69, 9.17) is 11.6 Å². The van der Waals surface area contributed by atoms with Gasteiger partial charge in [0, 0.05) is 6.54 Å². The van der Waals surface area contributed by atoms with Crippen LogP contribution in [0.15, 0.2) is 23.1 Å². The highest BCUT2D eigenvalue weighted by atomic mass is 35.5. The van der Waals surface area contributed by atoms with Crippen LogP contribution in [0, 0.1) is 5.92 Å². The Balaban J connectivity index is 2.22. The van der Waals surface area contributed by atoms with Gasteiger partial charge in [-0.05, 0) is 43.6 Å². The number of alkyl halides is 3. The summed E-state index contributed by atoms with van der Waals surface area (Å²) in [5.41, 5.74) is -1.05. The molecule has 1 atom stereocenters. The van der Waals surface area contributed by atoms with Crippen molar-refractivity contribution in [1.29, 1.82) is 0 Å². The van der Waals surface area contributed by atoms with E-state index in [0.29, 0.717) is 12.6 Å². The summed E-state index contributed by atoms with van der Waals surface area (Å²) in [7, 11) is -4.07. The van der Waals surface area contributed by atoms with Crippen molar-refractivity contribution in [2.24, 2.45) is 5.92 Å². The van der Waals surface area contributed by atoms with Crippen LogP contribution in [-0.4, -0.2) is 28.1 Å². The van der Waals surface area contributed by atoms with Crippen LogP contribution in [0.5, 0.6) is 0 Å². The molecule has 1 aliphatic heterocycles. The minimum absolute atomic E-state index is 0.129. The lowest BCUT2D eigenvalue weighted by Crippen LogP contribution is -2.30. The highest BCUT2D eigenvalue weighted by molar-refractivity contribution is 7.89. The van der Waals surface area contributed by atoms with Crippen molar-refractivity contribution in [3.8, 4) is 0 Å². The van der Waals surface area contributed by atoms with Gasteiger partial charge in [0.1, 0.15) is 4.90 Å². The Morgan fingerprint density at radius 2 is 2.10 bits per heavy atom. The maximum absolute atomic E-state index is 12.7. The van der Waals surface area contributed by atoms with E-state index < -0.39 is 26.7 Å². The normalized spacial score (nSPS) is 19.9. The summed E-state index contributed by atoms with van der Waals surface area (Å²) >= 11 is 5.73. The molecule has 9 heteroatoms. The molecule has 1 saturated heterocycles. The molecule has 21 heavy (non-hydrogen) atoms. The average molecular weight is 343 g/mol. The van der Waals surface area contributed by atoms with Crippen molar-refractivity contribution < 1.29 is 21.6 Å². The molecular formula is C12H14ClF3N2O2S. The van der Waals surface area contributed by atoms with Gasteiger partial charge in [-0.2, -0.15) is 13.2 Å². The van der Waals surface area contributed by atoms with Crippen molar-refractivity contribution >= 4 is 21.6 Å². The summed E-state index contributed by atoms with van der Waals surface area (Å²) in [6.45, 7) is 1.65. The van der Waals surface area contributed by atoms with Gasteiger partial charge in [-0.3, -0.25) is 0 Å². The van der Waals surface area contributed by atoms with E-state index in [9.17, 15) is 21.6 Å². The van der Waals surface area contributed by atoms with E-state index >= 15 is 0 Å². The predicted octanol–water partition coefficient (Wildman–Crippen LogP) is 2.25. The predicted molar refractivity (Wildman–Crippen MR) is 72.6 cm³/mol. The van der Waals surface area contributed by atoms with Gasteiger partial charge in [-0.25, -0.2) is 13.1 Å². The molecule has 0 aromatic heterocycles. The maximum Gasteiger partial charge on any atom is 0.416 e. The molecule has 1 aromatic carbocycles. The first-order chi connectivity index (χ1) is 9.70. The zero-order valence-corrected chi connectivity index (χ0v) is 12.4. The summed E-state index contributed by atoms with van der Waals surface area (Å²) in [4.78, 5) is -0.551. The van der Waals surface area contributed by atoms with Gasteiger partial charge in [-0.1, -0.05) is 11.6 Å². The Morgan fingerprint density at radius 1 is 1.38 bits per heavy atom. The first-order valence-electron chi connectivity index (χ1n) is 6.27. The number of hydrogen-bond donors (Lipinski definition) is 2. The Bertz CT molecular complexity index is 613. The highest BCUT2D eigenvalue weighted by Crippen LogP contribution is 2.33. The summed E-state index contributed by atoms with van der Waals surface area (Å²) in [5, 5.41) is 2.84. The van der Waals surface area contributed by atoms with Crippen LogP contribution in [-0.2, 0) is 16.2 Å². The third kappa shape index (κ3) is 4.09. The molecule has 4 nitrogen and oxygen atoms in total. The first-order valence-corrected chi connectivity index (χ1v) is 8.13. The van der Waals surface area contributed by atoms with Crippen molar-refractivity contribution in [2.75, 3.05) is 19.6 Å². The van der Waals surface area contributed by atoms with Crippen LogP contribution in [0.2, 0.25) is 5.02 Å². The Labute approximate surface area is 125 Å². The fraction of sp³-hybridized carbons (Fsp3) is 0.500. The number of nitrogens with one attached hydrogen (secondary N) is 2. The molecule has 2 N–H and O–H groups in total. The topological polar surface area (TPSA) is 58.2 Å². The van der Waals surface area contributed by atoms with Crippen LogP contribution < -0.4 is 10.0 Å². The second-order valence-corrected chi connectivity index (χ2v) is 7.00. The summed E-state index contributed by atoms with van der Waals surface area (Å²) < 4.78 is 64.5. The van der Waals surface area contributed by atoms with Crippen LogP contribution in [0.3, 0.4) is 0 Å². The van der Waals surface area contributed by atoms with Crippen LogP contribution in [0.25, 0.3) is 0 Å². The van der Waals surface area contributed by atoms with Gasteiger partial charge >= 0.3 is 6.18 Å². The Morgan fingerprint density at radius 3 is 2.67 bits per heavy atom. The van der Waals surface area contributed by atoms with Crippen molar-refractivity contribution in [3.63, 3.8) is 0 Å². The zero-order valence-electron chi connectivity index (χ0n) is 10.9. The van der Waals surface area contributed by atoms with Crippen molar-refractivity contribution in [2.45, 2.75) is 17.5 Å². The minimum atomic E-state index is -4.62. The first kappa shape index (κ1) is 16.5. The molecule has 0 saturated carbocycles. The molecule has 1 aromatic rings. The third-order valence-electron chi connectivity index (χ3n) is 3.27. The number of rotatable bonds is 4. The van der Waals surface area contributed by atoms with Gasteiger partial charge < -0.3 is 5.32 Å². The van der Waals surface area contributed by atoms with E-state index in [1.54, 1.807) is 0 Å². The molecule has 1 aliphatic rings. The van der Waals surface area contributed by atoms with Gasteiger partial charge in [0.15, 0.2) is 0 Å². The lowest BCUT2D eigenvalue weighted by atomic mass is 10.1. The van der Waals surface area contributed by atoms with Crippen LogP contribution in [0.1, 0.15) is 12.0 Å². The van der Waals surface area contributed by atoms with Gasteiger partial charge in [0.05, 0.1) is 10.6 Å². The van der Waals surface area contributed by atoms with E-state index in [-0.39, 0.29) is 17.5 Å². The molecule has 118 valence electrons. The van der Waals surface area contributed by atoms with Crippen molar-refractivity contribution in [1.82, 2.24) is 10.0 Å². The molecule has 0 spiro atoms. The third-order valence-corrected chi connectivity index (χ3v) is 5.18. The second-order valence-electron chi connectivity index (χ2n) is 4.85. The van der Waals surface area contributed by atoms with Crippen molar-refractivity contribution in [3.05, 3.63) is 28.8 Å². The number of sulfonamides is 1. The Hall–Kier alpha value is -0.830. The largest absolute Gasteiger partial charge is 0.416 e. The van der Waals surface area contributed by atoms with Crippen LogP contribution in [0.4, 0.5) is 13.2 Å². The fourth-order valence-corrected chi connectivity index (χ4v) is 3.72. The fourth-order valence-electron chi connectivity index (χ4n) is 2.08. The van der Waals surface area contributed by atoms with Gasteiger partial charge in [0.25, 0.3) is 0 Å². The molecule has 0 radical (unpaired) electrons. The summed E-state index contributed by atoms with van der Waals surface area (Å²) in [5.74, 6) is 0.129. The number of hydrogen-bond acceptors (Lipinski definition) is 3. The standard InChI is InChI=1S/C12H14ClF3N2O2S/c13-10-2-1-9(12(14,15)16)5-11(10)21(19,20)18-7-8-3-4-17-6-8/h1-2,5,8,17-18H,3-4,6-7H2. The molecule has 1 fully saturated rings. The average Bonchev–Trinajstić information content (AvgIpc) is 2.88. The molecule has 1 unspecified atom stereocenters. The molecule has 0 bridgehead atoms. The molecule has 2 rings (SSSR count). The summed E-state index contributed by atoms with van der Waals surface area (Å²) in [6.07, 6.45) is -3.80. The van der Waals surface area contributed by atoms with E-state index in [1.165, 1.54) is 0 Å². The lowest BCUT2D eigenvalue weighted by molar-refractivity contribution is -0.137. The monoisotopic (exact) mass is 342 g/mol. The number of halogens is 4. The summed E-state index contributed by atoms with van der Waals surface area (Å²) in [6, 6.07) is 2.25. The second kappa shape index (κ2) is 6.12. The molecular weight excluding hydrogens is 329 g/mol. The maximum atomic E-state index is 12.7. The molecule has 0 amide bonds. The van der Waals surface area contributed by atoms with E-state index in [2.05, 4.69) is 10.0 Å². The highest BCUT2D eigenvalue weighted by Gasteiger charge is 2.32.